The molecule has 0 saturated carbocycles. The summed E-state index contributed by atoms with van der Waals surface area (Å²) in [6.45, 7) is 2.15. The lowest BCUT2D eigenvalue weighted by Gasteiger charge is -2.27. The first kappa shape index (κ1) is 7.88. The summed E-state index contributed by atoms with van der Waals surface area (Å²) in [5, 5.41) is 0. The highest BCUT2D eigenvalue weighted by molar-refractivity contribution is 4.66. The van der Waals surface area contributed by atoms with Crippen LogP contribution in [0.4, 0.5) is 8.78 Å². The monoisotopic (exact) mass is 152 g/mol. The second kappa shape index (κ2) is 3.25. The molecule has 0 radical (unpaired) electrons. The molecular weight excluding hydrogens is 142 g/mol. The molecule has 1 aliphatic heterocycles. The van der Waals surface area contributed by atoms with E-state index in [1.165, 1.54) is 0 Å². The van der Waals surface area contributed by atoms with Crippen molar-refractivity contribution in [3.05, 3.63) is 0 Å². The zero-order valence-electron chi connectivity index (χ0n) is 5.72. The molecule has 1 heterocycles. The third kappa shape index (κ3) is 1.88. The van der Waals surface area contributed by atoms with Gasteiger partial charge in [-0.05, 0) is 6.92 Å². The van der Waals surface area contributed by atoms with Gasteiger partial charge in [0.05, 0.1) is 19.3 Å². The van der Waals surface area contributed by atoms with Crippen molar-refractivity contribution in [3.8, 4) is 0 Å². The average Bonchev–Trinajstić information content (AvgIpc) is 1.88. The number of rotatable bonds is 1. The molecule has 0 aromatic heterocycles. The molecule has 2 nitrogen and oxygen atoms in total. The summed E-state index contributed by atoms with van der Waals surface area (Å²) in [7, 11) is 0. The molecular formula is C6H10F2O2. The first-order valence-corrected chi connectivity index (χ1v) is 3.21. The van der Waals surface area contributed by atoms with E-state index in [0.717, 1.165) is 0 Å². The summed E-state index contributed by atoms with van der Waals surface area (Å²) in [5.74, 6) is 0. The SMILES string of the molecule is CC1COCC(C(F)F)O1. The van der Waals surface area contributed by atoms with Crippen molar-refractivity contribution in [1.29, 1.82) is 0 Å². The van der Waals surface area contributed by atoms with Crippen molar-refractivity contribution in [2.45, 2.75) is 25.6 Å². The lowest BCUT2D eigenvalue weighted by molar-refractivity contribution is -0.174. The van der Waals surface area contributed by atoms with Gasteiger partial charge in [-0.2, -0.15) is 0 Å². The van der Waals surface area contributed by atoms with Crippen molar-refractivity contribution in [1.82, 2.24) is 0 Å². The Bertz CT molecular complexity index is 108. The molecule has 4 heteroatoms. The van der Waals surface area contributed by atoms with Gasteiger partial charge in [-0.25, -0.2) is 8.78 Å². The van der Waals surface area contributed by atoms with E-state index >= 15 is 0 Å². The minimum Gasteiger partial charge on any atom is -0.376 e. The summed E-state index contributed by atoms with van der Waals surface area (Å²) < 4.78 is 33.5. The number of hydrogen-bond donors (Lipinski definition) is 0. The number of hydrogen-bond acceptors (Lipinski definition) is 2. The van der Waals surface area contributed by atoms with Crippen molar-refractivity contribution in [3.63, 3.8) is 0 Å². The molecule has 0 aromatic carbocycles. The number of halogens is 2. The first-order valence-electron chi connectivity index (χ1n) is 3.21. The molecule has 10 heavy (non-hydrogen) atoms. The van der Waals surface area contributed by atoms with E-state index in [2.05, 4.69) is 0 Å². The van der Waals surface area contributed by atoms with Gasteiger partial charge >= 0.3 is 0 Å². The molecule has 0 aromatic rings. The van der Waals surface area contributed by atoms with Crippen molar-refractivity contribution in [2.75, 3.05) is 13.2 Å². The fourth-order valence-corrected chi connectivity index (χ4v) is 0.859. The Balaban J connectivity index is 2.32. The Hall–Kier alpha value is -0.220. The van der Waals surface area contributed by atoms with Crippen molar-refractivity contribution < 1.29 is 18.3 Å². The van der Waals surface area contributed by atoms with Crippen LogP contribution in [-0.4, -0.2) is 31.8 Å². The van der Waals surface area contributed by atoms with E-state index in [4.69, 9.17) is 9.47 Å². The van der Waals surface area contributed by atoms with E-state index in [1.807, 2.05) is 0 Å². The van der Waals surface area contributed by atoms with Crippen LogP contribution >= 0.6 is 0 Å². The van der Waals surface area contributed by atoms with Gasteiger partial charge in [-0.3, -0.25) is 0 Å². The van der Waals surface area contributed by atoms with Gasteiger partial charge in [0.15, 0.2) is 0 Å². The van der Waals surface area contributed by atoms with Crippen LogP contribution in [0, 0.1) is 0 Å². The van der Waals surface area contributed by atoms with Crippen molar-refractivity contribution >= 4 is 0 Å². The highest BCUT2D eigenvalue weighted by Gasteiger charge is 2.27. The first-order chi connectivity index (χ1) is 4.70. The molecule has 0 spiro atoms. The Morgan fingerprint density at radius 2 is 2.10 bits per heavy atom. The third-order valence-electron chi connectivity index (χ3n) is 1.32. The standard InChI is InChI=1S/C6H10F2O2/c1-4-2-9-3-5(10-4)6(7)8/h4-6H,2-3H2,1H3. The van der Waals surface area contributed by atoms with Crippen LogP contribution in [0.1, 0.15) is 6.92 Å². The maximum absolute atomic E-state index is 11.9. The van der Waals surface area contributed by atoms with Crippen LogP contribution in [0.3, 0.4) is 0 Å². The quantitative estimate of drug-likeness (QED) is 0.559. The lowest BCUT2D eigenvalue weighted by Crippen LogP contribution is -2.38. The summed E-state index contributed by atoms with van der Waals surface area (Å²) in [4.78, 5) is 0. The van der Waals surface area contributed by atoms with Crippen LogP contribution < -0.4 is 0 Å². The largest absolute Gasteiger partial charge is 0.376 e. The highest BCUT2D eigenvalue weighted by atomic mass is 19.3. The smallest absolute Gasteiger partial charge is 0.266 e. The van der Waals surface area contributed by atoms with Gasteiger partial charge in [0, 0.05) is 0 Å². The summed E-state index contributed by atoms with van der Waals surface area (Å²) >= 11 is 0. The highest BCUT2D eigenvalue weighted by Crippen LogP contribution is 2.13. The zero-order chi connectivity index (χ0) is 7.56. The Morgan fingerprint density at radius 1 is 1.40 bits per heavy atom. The second-order valence-electron chi connectivity index (χ2n) is 2.36. The molecule has 0 aliphatic carbocycles. The van der Waals surface area contributed by atoms with Crippen LogP contribution in [-0.2, 0) is 9.47 Å². The predicted molar refractivity (Wildman–Crippen MR) is 31.2 cm³/mol. The fourth-order valence-electron chi connectivity index (χ4n) is 0.859. The van der Waals surface area contributed by atoms with Crippen molar-refractivity contribution in [2.24, 2.45) is 0 Å². The average molecular weight is 152 g/mol. The number of ether oxygens (including phenoxy) is 2. The maximum Gasteiger partial charge on any atom is 0.266 e. The van der Waals surface area contributed by atoms with Gasteiger partial charge in [0.1, 0.15) is 6.10 Å². The molecule has 2 unspecified atom stereocenters. The normalized spacial score (nSPS) is 34.8. The second-order valence-corrected chi connectivity index (χ2v) is 2.36. The van der Waals surface area contributed by atoms with Gasteiger partial charge in [-0.15, -0.1) is 0 Å². The molecule has 1 fully saturated rings. The Labute approximate surface area is 58.1 Å². The van der Waals surface area contributed by atoms with Gasteiger partial charge in [-0.1, -0.05) is 0 Å². The van der Waals surface area contributed by atoms with E-state index in [-0.39, 0.29) is 12.7 Å². The predicted octanol–water partition coefficient (Wildman–Crippen LogP) is 1.06. The molecule has 1 rings (SSSR count). The summed E-state index contributed by atoms with van der Waals surface area (Å²) in [6, 6.07) is 0. The fraction of sp³-hybridized carbons (Fsp3) is 1.00. The summed E-state index contributed by atoms with van der Waals surface area (Å²) in [5.41, 5.74) is 0. The Morgan fingerprint density at radius 3 is 2.50 bits per heavy atom. The molecule has 0 amide bonds. The topological polar surface area (TPSA) is 18.5 Å². The lowest BCUT2D eigenvalue weighted by atomic mass is 10.3. The van der Waals surface area contributed by atoms with Gasteiger partial charge < -0.3 is 9.47 Å². The van der Waals surface area contributed by atoms with Gasteiger partial charge in [0.25, 0.3) is 6.43 Å². The number of alkyl halides is 2. The van der Waals surface area contributed by atoms with E-state index in [0.29, 0.717) is 6.61 Å². The molecule has 60 valence electrons. The zero-order valence-corrected chi connectivity index (χ0v) is 5.72. The van der Waals surface area contributed by atoms with Crippen LogP contribution in [0.25, 0.3) is 0 Å². The van der Waals surface area contributed by atoms with Crippen LogP contribution in [0.15, 0.2) is 0 Å². The Kier molecular flexibility index (Phi) is 2.56. The van der Waals surface area contributed by atoms with Gasteiger partial charge in [0.2, 0.25) is 0 Å². The third-order valence-corrected chi connectivity index (χ3v) is 1.32. The minimum atomic E-state index is -2.43. The van der Waals surface area contributed by atoms with E-state index < -0.39 is 12.5 Å². The van der Waals surface area contributed by atoms with Crippen LogP contribution in [0.2, 0.25) is 0 Å². The molecule has 1 aliphatic rings. The summed E-state index contributed by atoms with van der Waals surface area (Å²) in [6.07, 6.45) is -3.65. The molecule has 0 bridgehead atoms. The molecule has 2 atom stereocenters. The maximum atomic E-state index is 11.9. The molecule has 1 saturated heterocycles. The minimum absolute atomic E-state index is 0.0159. The van der Waals surface area contributed by atoms with Crippen LogP contribution in [0.5, 0.6) is 0 Å². The van der Waals surface area contributed by atoms with E-state index in [1.54, 1.807) is 6.92 Å². The molecule has 0 N–H and O–H groups in total. The van der Waals surface area contributed by atoms with E-state index in [9.17, 15) is 8.78 Å².